The van der Waals surface area contributed by atoms with E-state index in [-0.39, 0.29) is 5.91 Å². The van der Waals surface area contributed by atoms with Crippen LogP contribution in [0.25, 0.3) is 0 Å². The summed E-state index contributed by atoms with van der Waals surface area (Å²) in [5, 5.41) is 10.4. The lowest BCUT2D eigenvalue weighted by Gasteiger charge is -2.03. The summed E-state index contributed by atoms with van der Waals surface area (Å²) in [5.74, 6) is 0.107. The molecule has 0 spiro atoms. The second kappa shape index (κ2) is 6.61. The summed E-state index contributed by atoms with van der Waals surface area (Å²) in [7, 11) is 0. The molecule has 0 aliphatic carbocycles. The third kappa shape index (κ3) is 4.46. The molecule has 0 radical (unpaired) electrons. The van der Waals surface area contributed by atoms with Gasteiger partial charge in [0.1, 0.15) is 0 Å². The van der Waals surface area contributed by atoms with Crippen molar-refractivity contribution in [3.63, 3.8) is 0 Å². The van der Waals surface area contributed by atoms with E-state index in [1.807, 2.05) is 13.1 Å². The number of aryl methyl sites for hydroxylation is 2. The third-order valence-corrected chi connectivity index (χ3v) is 2.60. The van der Waals surface area contributed by atoms with Crippen LogP contribution in [-0.2, 0) is 11.2 Å². The molecule has 1 heterocycles. The molecule has 0 aliphatic heterocycles. The van der Waals surface area contributed by atoms with E-state index < -0.39 is 0 Å². The molecule has 0 aliphatic rings. The Morgan fingerprint density at radius 2 is 2.47 bits per heavy atom. The van der Waals surface area contributed by atoms with Crippen molar-refractivity contribution in [1.82, 2.24) is 15.5 Å². The van der Waals surface area contributed by atoms with Crippen LogP contribution in [0.2, 0.25) is 0 Å². The van der Waals surface area contributed by atoms with E-state index in [4.69, 9.17) is 0 Å². The minimum atomic E-state index is 0.107. The maximum Gasteiger partial charge on any atom is 0.220 e. The van der Waals surface area contributed by atoms with Gasteiger partial charge in [-0.05, 0) is 25.3 Å². The Hall–Kier alpha value is -0.840. The van der Waals surface area contributed by atoms with E-state index in [1.165, 1.54) is 5.56 Å². The van der Waals surface area contributed by atoms with Gasteiger partial charge in [-0.3, -0.25) is 9.89 Å². The molecule has 0 saturated heterocycles. The van der Waals surface area contributed by atoms with Gasteiger partial charge >= 0.3 is 0 Å². The number of amides is 1. The molecule has 2 N–H and O–H groups in total. The number of carbonyl (C=O) groups is 1. The molecular formula is C10H16BrN3O. The molecule has 1 aromatic heterocycles. The second-order valence-electron chi connectivity index (χ2n) is 3.41. The van der Waals surface area contributed by atoms with Crippen LogP contribution in [0.5, 0.6) is 0 Å². The van der Waals surface area contributed by atoms with E-state index >= 15 is 0 Å². The third-order valence-electron chi connectivity index (χ3n) is 2.20. The van der Waals surface area contributed by atoms with Gasteiger partial charge in [0, 0.05) is 24.0 Å². The Morgan fingerprint density at radius 3 is 3.07 bits per heavy atom. The first kappa shape index (κ1) is 12.2. The Kier molecular flexibility index (Phi) is 5.39. The van der Waals surface area contributed by atoms with Crippen LogP contribution in [0.1, 0.15) is 24.1 Å². The van der Waals surface area contributed by atoms with E-state index in [9.17, 15) is 4.79 Å². The first-order valence-electron chi connectivity index (χ1n) is 5.05. The molecule has 0 unspecified atom stereocenters. The van der Waals surface area contributed by atoms with Crippen LogP contribution < -0.4 is 5.32 Å². The fraction of sp³-hybridized carbons (Fsp3) is 0.600. The lowest BCUT2D eigenvalue weighted by molar-refractivity contribution is -0.120. The number of carbonyl (C=O) groups excluding carboxylic acids is 1. The number of nitrogens with zero attached hydrogens (tertiary/aromatic N) is 1. The predicted octanol–water partition coefficient (Wildman–Crippen LogP) is 1.55. The van der Waals surface area contributed by atoms with Crippen LogP contribution >= 0.6 is 15.9 Å². The highest BCUT2D eigenvalue weighted by Gasteiger charge is 2.01. The van der Waals surface area contributed by atoms with Gasteiger partial charge in [-0.25, -0.2) is 0 Å². The lowest BCUT2D eigenvalue weighted by atomic mass is 10.1. The highest BCUT2D eigenvalue weighted by atomic mass is 79.9. The Labute approximate surface area is 98.0 Å². The van der Waals surface area contributed by atoms with Crippen molar-refractivity contribution >= 4 is 21.8 Å². The number of halogens is 1. The molecule has 0 fully saturated rings. The normalized spacial score (nSPS) is 10.3. The first-order valence-corrected chi connectivity index (χ1v) is 6.17. The molecule has 4 nitrogen and oxygen atoms in total. The number of H-pyrrole nitrogens is 1. The summed E-state index contributed by atoms with van der Waals surface area (Å²) in [6.07, 6.45) is 4.30. The van der Waals surface area contributed by atoms with Crippen molar-refractivity contribution in [3.05, 3.63) is 17.5 Å². The summed E-state index contributed by atoms with van der Waals surface area (Å²) in [6.45, 7) is 2.74. The second-order valence-corrected chi connectivity index (χ2v) is 4.21. The maximum absolute atomic E-state index is 11.1. The van der Waals surface area contributed by atoms with Gasteiger partial charge in [0.05, 0.1) is 6.20 Å². The minimum Gasteiger partial charge on any atom is -0.356 e. The zero-order valence-electron chi connectivity index (χ0n) is 8.85. The number of aromatic nitrogens is 2. The predicted molar refractivity (Wildman–Crippen MR) is 63.1 cm³/mol. The fourth-order valence-corrected chi connectivity index (χ4v) is 1.67. The van der Waals surface area contributed by atoms with Crippen LogP contribution in [0.3, 0.4) is 0 Å². The molecule has 5 heteroatoms. The molecule has 0 aromatic carbocycles. The fourth-order valence-electron chi connectivity index (χ4n) is 1.31. The molecule has 1 amide bonds. The van der Waals surface area contributed by atoms with E-state index in [1.54, 1.807) is 0 Å². The SMILES string of the molecule is Cc1[nH]ncc1CCCNC(=O)CCBr. The highest BCUT2D eigenvalue weighted by molar-refractivity contribution is 9.09. The van der Waals surface area contributed by atoms with Crippen LogP contribution in [0.4, 0.5) is 0 Å². The van der Waals surface area contributed by atoms with Crippen molar-refractivity contribution in [2.24, 2.45) is 0 Å². The summed E-state index contributed by atoms with van der Waals surface area (Å²) < 4.78 is 0. The molecule has 1 rings (SSSR count). The number of hydrogen-bond donors (Lipinski definition) is 2. The smallest absolute Gasteiger partial charge is 0.220 e. The quantitative estimate of drug-likeness (QED) is 0.611. The number of nitrogens with one attached hydrogen (secondary N) is 2. The number of aromatic amines is 1. The average molecular weight is 274 g/mol. The van der Waals surface area contributed by atoms with Gasteiger partial charge in [0.2, 0.25) is 5.91 Å². The van der Waals surface area contributed by atoms with Gasteiger partial charge in [0.25, 0.3) is 0 Å². The van der Waals surface area contributed by atoms with E-state index in [0.717, 1.165) is 30.4 Å². The van der Waals surface area contributed by atoms with Crippen LogP contribution in [-0.4, -0.2) is 28.0 Å². The van der Waals surface area contributed by atoms with Gasteiger partial charge < -0.3 is 5.32 Å². The molecule has 0 bridgehead atoms. The summed E-state index contributed by atoms with van der Waals surface area (Å²) >= 11 is 3.23. The monoisotopic (exact) mass is 273 g/mol. The standard InChI is InChI=1S/C10H16BrN3O/c1-8-9(7-13-14-8)3-2-6-12-10(15)4-5-11/h7H,2-6H2,1H3,(H,12,15)(H,13,14). The molecule has 1 aromatic rings. The topological polar surface area (TPSA) is 57.8 Å². The maximum atomic E-state index is 11.1. The number of rotatable bonds is 6. The Morgan fingerprint density at radius 1 is 1.67 bits per heavy atom. The van der Waals surface area contributed by atoms with Gasteiger partial charge in [-0.2, -0.15) is 5.10 Å². The summed E-state index contributed by atoms with van der Waals surface area (Å²) in [6, 6.07) is 0. The lowest BCUT2D eigenvalue weighted by Crippen LogP contribution is -2.24. The minimum absolute atomic E-state index is 0.107. The molecule has 0 saturated carbocycles. The molecule has 15 heavy (non-hydrogen) atoms. The number of alkyl halides is 1. The van der Waals surface area contributed by atoms with Crippen LogP contribution in [0, 0.1) is 6.92 Å². The van der Waals surface area contributed by atoms with Gasteiger partial charge in [0.15, 0.2) is 0 Å². The molecule has 84 valence electrons. The zero-order valence-corrected chi connectivity index (χ0v) is 10.4. The van der Waals surface area contributed by atoms with Gasteiger partial charge in [-0.15, -0.1) is 0 Å². The average Bonchev–Trinajstić information content (AvgIpc) is 2.60. The van der Waals surface area contributed by atoms with Crippen molar-refractivity contribution in [2.45, 2.75) is 26.2 Å². The highest BCUT2D eigenvalue weighted by Crippen LogP contribution is 2.04. The van der Waals surface area contributed by atoms with Crippen molar-refractivity contribution in [1.29, 1.82) is 0 Å². The van der Waals surface area contributed by atoms with E-state index in [0.29, 0.717) is 6.42 Å². The van der Waals surface area contributed by atoms with E-state index in [2.05, 4.69) is 31.4 Å². The Balaban J connectivity index is 2.12. The largest absolute Gasteiger partial charge is 0.356 e. The molecule has 0 atom stereocenters. The Bertz CT molecular complexity index is 311. The summed E-state index contributed by atoms with van der Waals surface area (Å²) in [5.41, 5.74) is 2.34. The van der Waals surface area contributed by atoms with Crippen molar-refractivity contribution in [3.8, 4) is 0 Å². The van der Waals surface area contributed by atoms with Gasteiger partial charge in [-0.1, -0.05) is 15.9 Å². The van der Waals surface area contributed by atoms with Crippen molar-refractivity contribution in [2.75, 3.05) is 11.9 Å². The zero-order chi connectivity index (χ0) is 11.1. The summed E-state index contributed by atoms with van der Waals surface area (Å²) in [4.78, 5) is 11.1. The first-order chi connectivity index (χ1) is 7.24. The molecular weight excluding hydrogens is 258 g/mol. The van der Waals surface area contributed by atoms with Crippen molar-refractivity contribution < 1.29 is 4.79 Å². The van der Waals surface area contributed by atoms with Crippen LogP contribution in [0.15, 0.2) is 6.20 Å². The number of hydrogen-bond acceptors (Lipinski definition) is 2.